The first-order valence-corrected chi connectivity index (χ1v) is 6.53. The molecule has 0 aromatic carbocycles. The average Bonchev–Trinajstić information content (AvgIpc) is 2.94. The van der Waals surface area contributed by atoms with Crippen LogP contribution >= 0.6 is 0 Å². The molecule has 2 heterocycles. The molecule has 2 aromatic rings. The molecule has 1 aliphatic carbocycles. The summed E-state index contributed by atoms with van der Waals surface area (Å²) in [5.74, 6) is 0.442. The zero-order chi connectivity index (χ0) is 12.4. The lowest BCUT2D eigenvalue weighted by Crippen LogP contribution is -2.27. The number of furan rings is 1. The van der Waals surface area contributed by atoms with Gasteiger partial charge >= 0.3 is 0 Å². The lowest BCUT2D eigenvalue weighted by Gasteiger charge is -2.30. The molecule has 2 unspecified atom stereocenters. The Bertz CT molecular complexity index is 507. The van der Waals surface area contributed by atoms with Gasteiger partial charge in [0.05, 0.1) is 12.5 Å². The zero-order valence-electron chi connectivity index (χ0n) is 10.6. The fourth-order valence-electron chi connectivity index (χ4n) is 3.02. The van der Waals surface area contributed by atoms with Gasteiger partial charge in [0.25, 0.3) is 0 Å². The van der Waals surface area contributed by atoms with E-state index in [1.807, 2.05) is 31.6 Å². The molecule has 0 spiro atoms. The third kappa shape index (κ3) is 1.95. The van der Waals surface area contributed by atoms with E-state index < -0.39 is 0 Å². The second kappa shape index (κ2) is 4.94. The van der Waals surface area contributed by atoms with Crippen molar-refractivity contribution in [3.8, 4) is 0 Å². The van der Waals surface area contributed by atoms with Crippen molar-refractivity contribution in [3.05, 3.63) is 53.7 Å². The van der Waals surface area contributed by atoms with E-state index in [2.05, 4.69) is 16.4 Å². The molecule has 18 heavy (non-hydrogen) atoms. The number of likely N-dealkylation sites (N-methyl/N-ethyl adjacent to an activating group) is 1. The number of aryl methyl sites for hydroxylation is 1. The van der Waals surface area contributed by atoms with Crippen molar-refractivity contribution in [2.45, 2.75) is 31.2 Å². The summed E-state index contributed by atoms with van der Waals surface area (Å²) in [6.45, 7) is 0. The summed E-state index contributed by atoms with van der Waals surface area (Å²) < 4.78 is 5.22. The predicted octanol–water partition coefficient (Wildman–Crippen LogP) is 3.06. The highest BCUT2D eigenvalue weighted by Crippen LogP contribution is 2.38. The Kier molecular flexibility index (Phi) is 3.15. The molecule has 0 radical (unpaired) electrons. The van der Waals surface area contributed by atoms with E-state index in [9.17, 15) is 0 Å². The molecule has 0 saturated heterocycles. The molecule has 0 amide bonds. The van der Waals surface area contributed by atoms with E-state index in [1.165, 1.54) is 29.7 Å². The highest BCUT2D eigenvalue weighted by molar-refractivity contribution is 5.30. The van der Waals surface area contributed by atoms with Crippen LogP contribution in [0.3, 0.4) is 0 Å². The molecule has 2 atom stereocenters. The van der Waals surface area contributed by atoms with Crippen LogP contribution in [-0.2, 0) is 6.42 Å². The quantitative estimate of drug-likeness (QED) is 0.899. The maximum absolute atomic E-state index is 5.22. The number of hydrogen-bond acceptors (Lipinski definition) is 3. The van der Waals surface area contributed by atoms with Crippen LogP contribution in [0.1, 0.15) is 41.6 Å². The minimum atomic E-state index is 0.290. The fraction of sp³-hybridized carbons (Fsp3) is 0.400. The summed E-state index contributed by atoms with van der Waals surface area (Å²) in [5, 5.41) is 3.42. The molecule has 0 bridgehead atoms. The van der Waals surface area contributed by atoms with Crippen LogP contribution in [-0.4, -0.2) is 12.0 Å². The summed E-state index contributed by atoms with van der Waals surface area (Å²) in [7, 11) is 2.01. The van der Waals surface area contributed by atoms with E-state index in [4.69, 9.17) is 4.42 Å². The van der Waals surface area contributed by atoms with Crippen LogP contribution in [0.4, 0.5) is 0 Å². The van der Waals surface area contributed by atoms with Gasteiger partial charge < -0.3 is 9.73 Å². The van der Waals surface area contributed by atoms with Crippen molar-refractivity contribution < 1.29 is 4.42 Å². The fourth-order valence-corrected chi connectivity index (χ4v) is 3.02. The topological polar surface area (TPSA) is 38.1 Å². The second-order valence-corrected chi connectivity index (χ2v) is 4.87. The Morgan fingerprint density at radius 2 is 2.39 bits per heavy atom. The monoisotopic (exact) mass is 242 g/mol. The molecule has 94 valence electrons. The van der Waals surface area contributed by atoms with Crippen LogP contribution in [0.2, 0.25) is 0 Å². The molecule has 1 aliphatic rings. The number of nitrogens with zero attached hydrogens (tertiary/aromatic N) is 1. The van der Waals surface area contributed by atoms with Gasteiger partial charge in [-0.05, 0) is 44.0 Å². The third-order valence-corrected chi connectivity index (χ3v) is 3.85. The molecule has 0 fully saturated rings. The Morgan fingerprint density at radius 3 is 3.17 bits per heavy atom. The van der Waals surface area contributed by atoms with Gasteiger partial charge in [0.2, 0.25) is 0 Å². The van der Waals surface area contributed by atoms with Crippen LogP contribution in [0.15, 0.2) is 41.3 Å². The van der Waals surface area contributed by atoms with E-state index in [0.29, 0.717) is 5.92 Å². The standard InChI is InChI=1S/C15H18N2O/c1-16-14(12-7-9-18-10-12)13-6-2-4-11-5-3-8-17-15(11)13/h3,5,7-10,13-14,16H,2,4,6H2,1H3. The first-order chi connectivity index (χ1) is 8.90. The van der Waals surface area contributed by atoms with Gasteiger partial charge in [-0.3, -0.25) is 4.98 Å². The summed E-state index contributed by atoms with van der Waals surface area (Å²) >= 11 is 0. The smallest absolute Gasteiger partial charge is 0.0950 e. The number of aromatic nitrogens is 1. The minimum Gasteiger partial charge on any atom is -0.472 e. The minimum absolute atomic E-state index is 0.290. The van der Waals surface area contributed by atoms with Gasteiger partial charge in [0.15, 0.2) is 0 Å². The number of rotatable bonds is 3. The summed E-state index contributed by atoms with van der Waals surface area (Å²) in [6, 6.07) is 6.57. The number of hydrogen-bond donors (Lipinski definition) is 1. The maximum Gasteiger partial charge on any atom is 0.0950 e. The molecular formula is C15H18N2O. The first kappa shape index (κ1) is 11.5. The Morgan fingerprint density at radius 1 is 1.44 bits per heavy atom. The SMILES string of the molecule is CNC(c1ccoc1)C1CCCc2cccnc21. The normalized spacial score (nSPS) is 20.4. The van der Waals surface area contributed by atoms with Crippen LogP contribution < -0.4 is 5.32 Å². The molecular weight excluding hydrogens is 224 g/mol. The van der Waals surface area contributed by atoms with Gasteiger partial charge in [-0.1, -0.05) is 6.07 Å². The van der Waals surface area contributed by atoms with E-state index >= 15 is 0 Å². The average molecular weight is 242 g/mol. The lowest BCUT2D eigenvalue weighted by molar-refractivity contribution is 0.412. The molecule has 2 aromatic heterocycles. The van der Waals surface area contributed by atoms with Crippen molar-refractivity contribution in [1.82, 2.24) is 10.3 Å². The molecule has 3 rings (SSSR count). The molecule has 0 aliphatic heterocycles. The number of fused-ring (bicyclic) bond motifs is 1. The molecule has 1 N–H and O–H groups in total. The maximum atomic E-state index is 5.22. The van der Waals surface area contributed by atoms with Crippen molar-refractivity contribution in [2.75, 3.05) is 7.05 Å². The summed E-state index contributed by atoms with van der Waals surface area (Å²) in [6.07, 6.45) is 9.04. The Hall–Kier alpha value is -1.61. The second-order valence-electron chi connectivity index (χ2n) is 4.87. The van der Waals surface area contributed by atoms with Crippen molar-refractivity contribution in [2.24, 2.45) is 0 Å². The molecule has 3 nitrogen and oxygen atoms in total. The molecule has 0 saturated carbocycles. The molecule has 3 heteroatoms. The third-order valence-electron chi connectivity index (χ3n) is 3.85. The van der Waals surface area contributed by atoms with Gasteiger partial charge in [0, 0.05) is 29.4 Å². The summed E-state index contributed by atoms with van der Waals surface area (Å²) in [5.41, 5.74) is 3.86. The zero-order valence-corrected chi connectivity index (χ0v) is 10.6. The van der Waals surface area contributed by atoms with E-state index in [1.54, 1.807) is 6.26 Å². The number of pyridine rings is 1. The highest BCUT2D eigenvalue weighted by Gasteiger charge is 2.29. The number of nitrogens with one attached hydrogen (secondary N) is 1. The van der Waals surface area contributed by atoms with Crippen molar-refractivity contribution >= 4 is 0 Å². The van der Waals surface area contributed by atoms with Gasteiger partial charge in [0.1, 0.15) is 0 Å². The van der Waals surface area contributed by atoms with Gasteiger partial charge in [-0.25, -0.2) is 0 Å². The van der Waals surface area contributed by atoms with Crippen molar-refractivity contribution in [3.63, 3.8) is 0 Å². The van der Waals surface area contributed by atoms with Crippen LogP contribution in [0, 0.1) is 0 Å². The largest absolute Gasteiger partial charge is 0.472 e. The Labute approximate surface area is 107 Å². The van der Waals surface area contributed by atoms with Crippen LogP contribution in [0.5, 0.6) is 0 Å². The lowest BCUT2D eigenvalue weighted by atomic mass is 9.80. The Balaban J connectivity index is 1.97. The van der Waals surface area contributed by atoms with Crippen LogP contribution in [0.25, 0.3) is 0 Å². The van der Waals surface area contributed by atoms with E-state index in [0.717, 1.165) is 6.42 Å². The van der Waals surface area contributed by atoms with Crippen molar-refractivity contribution in [1.29, 1.82) is 0 Å². The van der Waals surface area contributed by atoms with E-state index in [-0.39, 0.29) is 6.04 Å². The predicted molar refractivity (Wildman–Crippen MR) is 70.4 cm³/mol. The highest BCUT2D eigenvalue weighted by atomic mass is 16.3. The summed E-state index contributed by atoms with van der Waals surface area (Å²) in [4.78, 5) is 4.61. The van der Waals surface area contributed by atoms with Gasteiger partial charge in [-0.2, -0.15) is 0 Å². The van der Waals surface area contributed by atoms with Gasteiger partial charge in [-0.15, -0.1) is 0 Å². The first-order valence-electron chi connectivity index (χ1n) is 6.53.